The number of nitrogens with two attached hydrogens (primary N) is 1. The van der Waals surface area contributed by atoms with E-state index in [1.807, 2.05) is 0 Å². The molecule has 0 aromatic carbocycles. The van der Waals surface area contributed by atoms with Gasteiger partial charge in [0.2, 0.25) is 0 Å². The van der Waals surface area contributed by atoms with E-state index in [4.69, 9.17) is 10.5 Å². The van der Waals surface area contributed by atoms with Crippen LogP contribution in [0.1, 0.15) is 84.5 Å². The van der Waals surface area contributed by atoms with E-state index >= 15 is 0 Å². The monoisotopic (exact) mass is 255 g/mol. The van der Waals surface area contributed by atoms with Crippen molar-refractivity contribution in [1.29, 1.82) is 0 Å². The quantitative estimate of drug-likeness (QED) is 0.587. The number of hydrogen-bond donors (Lipinski definition) is 1. The molecular weight excluding hydrogens is 222 g/mol. The number of unbranched alkanes of at least 4 members (excludes halogenated alkanes) is 7. The molecule has 0 amide bonds. The third-order valence-electron chi connectivity index (χ3n) is 4.40. The van der Waals surface area contributed by atoms with Crippen molar-refractivity contribution in [2.75, 3.05) is 6.61 Å². The molecule has 0 aromatic rings. The molecule has 0 saturated carbocycles. The van der Waals surface area contributed by atoms with E-state index in [0.29, 0.717) is 0 Å². The topological polar surface area (TPSA) is 35.2 Å². The zero-order valence-electron chi connectivity index (χ0n) is 12.5. The van der Waals surface area contributed by atoms with E-state index in [1.165, 1.54) is 57.8 Å². The Morgan fingerprint density at radius 2 is 1.67 bits per heavy atom. The summed E-state index contributed by atoms with van der Waals surface area (Å²) in [4.78, 5) is 0. The summed E-state index contributed by atoms with van der Waals surface area (Å²) in [6, 6.07) is 0.236. The lowest BCUT2D eigenvalue weighted by Crippen LogP contribution is -2.44. The molecule has 0 radical (unpaired) electrons. The van der Waals surface area contributed by atoms with Gasteiger partial charge in [0.25, 0.3) is 0 Å². The molecule has 2 nitrogen and oxygen atoms in total. The second kappa shape index (κ2) is 8.92. The molecule has 0 aliphatic carbocycles. The molecule has 2 unspecified atom stereocenters. The lowest BCUT2D eigenvalue weighted by Gasteiger charge is -2.30. The Bertz CT molecular complexity index is 199. The SMILES string of the molecule is CCCCCCCCCCC(N)C1(C)CCCO1. The maximum atomic E-state index is 6.27. The predicted molar refractivity (Wildman–Crippen MR) is 78.8 cm³/mol. The van der Waals surface area contributed by atoms with Crippen molar-refractivity contribution in [2.24, 2.45) is 5.73 Å². The van der Waals surface area contributed by atoms with Crippen molar-refractivity contribution in [3.63, 3.8) is 0 Å². The van der Waals surface area contributed by atoms with Crippen molar-refractivity contribution < 1.29 is 4.74 Å². The van der Waals surface area contributed by atoms with E-state index in [2.05, 4.69) is 13.8 Å². The van der Waals surface area contributed by atoms with Gasteiger partial charge in [0.1, 0.15) is 0 Å². The van der Waals surface area contributed by atoms with Gasteiger partial charge >= 0.3 is 0 Å². The summed E-state index contributed by atoms with van der Waals surface area (Å²) < 4.78 is 5.80. The molecule has 1 saturated heterocycles. The van der Waals surface area contributed by atoms with Gasteiger partial charge in [-0.2, -0.15) is 0 Å². The van der Waals surface area contributed by atoms with Crippen molar-refractivity contribution in [2.45, 2.75) is 96.1 Å². The Kier molecular flexibility index (Phi) is 7.92. The Morgan fingerprint density at radius 3 is 2.22 bits per heavy atom. The van der Waals surface area contributed by atoms with Crippen LogP contribution in [0.4, 0.5) is 0 Å². The summed E-state index contributed by atoms with van der Waals surface area (Å²) >= 11 is 0. The highest BCUT2D eigenvalue weighted by atomic mass is 16.5. The molecule has 2 heteroatoms. The summed E-state index contributed by atoms with van der Waals surface area (Å²) in [5, 5.41) is 0. The van der Waals surface area contributed by atoms with Crippen LogP contribution >= 0.6 is 0 Å². The van der Waals surface area contributed by atoms with E-state index in [1.54, 1.807) is 0 Å². The molecule has 0 aromatic heterocycles. The van der Waals surface area contributed by atoms with Crippen LogP contribution in [0.25, 0.3) is 0 Å². The van der Waals surface area contributed by atoms with Gasteiger partial charge in [0.15, 0.2) is 0 Å². The van der Waals surface area contributed by atoms with Crippen molar-refractivity contribution in [3.8, 4) is 0 Å². The number of rotatable bonds is 10. The van der Waals surface area contributed by atoms with Gasteiger partial charge in [-0.3, -0.25) is 0 Å². The molecule has 2 atom stereocenters. The molecule has 0 bridgehead atoms. The molecule has 0 spiro atoms. The molecule has 108 valence electrons. The maximum absolute atomic E-state index is 6.27. The molecule has 2 N–H and O–H groups in total. The first kappa shape index (κ1) is 16.0. The Balaban J connectivity index is 1.94. The average molecular weight is 255 g/mol. The first-order valence-electron chi connectivity index (χ1n) is 8.08. The van der Waals surface area contributed by atoms with Crippen LogP contribution in [0.3, 0.4) is 0 Å². The fourth-order valence-electron chi connectivity index (χ4n) is 2.90. The van der Waals surface area contributed by atoms with Crippen LogP contribution in [0, 0.1) is 0 Å². The Labute approximate surface area is 114 Å². The third-order valence-corrected chi connectivity index (χ3v) is 4.40. The van der Waals surface area contributed by atoms with E-state index in [0.717, 1.165) is 19.4 Å². The zero-order valence-corrected chi connectivity index (χ0v) is 12.5. The molecule has 1 aliphatic rings. The highest BCUT2D eigenvalue weighted by Gasteiger charge is 2.35. The fourth-order valence-corrected chi connectivity index (χ4v) is 2.90. The summed E-state index contributed by atoms with van der Waals surface area (Å²) in [6.45, 7) is 5.37. The first-order valence-corrected chi connectivity index (χ1v) is 8.08. The largest absolute Gasteiger partial charge is 0.374 e. The standard InChI is InChI=1S/C16H33NO/c1-3-4-5-6-7-8-9-10-12-15(17)16(2)13-11-14-18-16/h15H,3-14,17H2,1-2H3. The van der Waals surface area contributed by atoms with Gasteiger partial charge < -0.3 is 10.5 Å². The summed E-state index contributed by atoms with van der Waals surface area (Å²) in [5.74, 6) is 0. The van der Waals surface area contributed by atoms with Crippen LogP contribution in [0.5, 0.6) is 0 Å². The molecule has 18 heavy (non-hydrogen) atoms. The molecule has 1 aliphatic heterocycles. The second-order valence-corrected chi connectivity index (χ2v) is 6.13. The zero-order chi connectivity index (χ0) is 13.3. The van der Waals surface area contributed by atoms with Gasteiger partial charge in [0.05, 0.1) is 5.60 Å². The van der Waals surface area contributed by atoms with Gasteiger partial charge in [0, 0.05) is 12.6 Å². The van der Waals surface area contributed by atoms with Crippen LogP contribution in [0.2, 0.25) is 0 Å². The van der Waals surface area contributed by atoms with Crippen molar-refractivity contribution in [1.82, 2.24) is 0 Å². The fraction of sp³-hybridized carbons (Fsp3) is 1.00. The smallest absolute Gasteiger partial charge is 0.0805 e. The summed E-state index contributed by atoms with van der Waals surface area (Å²) in [7, 11) is 0. The minimum Gasteiger partial charge on any atom is -0.374 e. The van der Waals surface area contributed by atoms with E-state index < -0.39 is 0 Å². The third kappa shape index (κ3) is 5.71. The van der Waals surface area contributed by atoms with E-state index in [9.17, 15) is 0 Å². The van der Waals surface area contributed by atoms with E-state index in [-0.39, 0.29) is 11.6 Å². The van der Waals surface area contributed by atoms with Gasteiger partial charge in [-0.05, 0) is 26.2 Å². The van der Waals surface area contributed by atoms with Crippen LogP contribution < -0.4 is 5.73 Å². The van der Waals surface area contributed by atoms with Crippen molar-refractivity contribution >= 4 is 0 Å². The first-order chi connectivity index (χ1) is 8.69. The molecule has 1 rings (SSSR count). The van der Waals surface area contributed by atoms with Crippen LogP contribution in [-0.4, -0.2) is 18.2 Å². The van der Waals surface area contributed by atoms with Gasteiger partial charge in [-0.25, -0.2) is 0 Å². The minimum absolute atomic E-state index is 0.0267. The predicted octanol–water partition coefficient (Wildman–Crippen LogP) is 4.41. The molecular formula is C16H33NO. The summed E-state index contributed by atoms with van der Waals surface area (Å²) in [6.07, 6.45) is 14.4. The Morgan fingerprint density at radius 1 is 1.06 bits per heavy atom. The highest BCUT2D eigenvalue weighted by Crippen LogP contribution is 2.29. The highest BCUT2D eigenvalue weighted by molar-refractivity contribution is 4.90. The van der Waals surface area contributed by atoms with Gasteiger partial charge in [-0.15, -0.1) is 0 Å². The minimum atomic E-state index is -0.0267. The number of ether oxygens (including phenoxy) is 1. The average Bonchev–Trinajstić information content (AvgIpc) is 2.81. The summed E-state index contributed by atoms with van der Waals surface area (Å²) in [5.41, 5.74) is 6.24. The van der Waals surface area contributed by atoms with Crippen molar-refractivity contribution in [3.05, 3.63) is 0 Å². The maximum Gasteiger partial charge on any atom is 0.0805 e. The normalized spacial score (nSPS) is 25.5. The lowest BCUT2D eigenvalue weighted by molar-refractivity contribution is -0.00364. The van der Waals surface area contributed by atoms with Crippen LogP contribution in [-0.2, 0) is 4.74 Å². The van der Waals surface area contributed by atoms with Gasteiger partial charge in [-0.1, -0.05) is 58.3 Å². The molecule has 1 heterocycles. The number of hydrogen-bond acceptors (Lipinski definition) is 2. The second-order valence-electron chi connectivity index (χ2n) is 6.13. The molecule has 1 fully saturated rings. The Hall–Kier alpha value is -0.0800. The van der Waals surface area contributed by atoms with Crippen LogP contribution in [0.15, 0.2) is 0 Å². The lowest BCUT2D eigenvalue weighted by atomic mass is 9.90.